The Bertz CT molecular complexity index is 818. The van der Waals surface area contributed by atoms with Crippen molar-refractivity contribution in [2.75, 3.05) is 14.1 Å². The topological polar surface area (TPSA) is 32.3 Å². The minimum Gasteiger partial charge on any atom is -0.343 e. The molecule has 28 heavy (non-hydrogen) atoms. The molecule has 0 aliphatic carbocycles. The molecular formula is C22H27F3N2O. The van der Waals surface area contributed by atoms with Crippen molar-refractivity contribution in [2.45, 2.75) is 44.9 Å². The number of nitrogens with one attached hydrogen (secondary N) is 1. The van der Waals surface area contributed by atoms with Crippen LogP contribution in [0.15, 0.2) is 48.5 Å². The van der Waals surface area contributed by atoms with Crippen LogP contribution in [0, 0.1) is 6.92 Å². The lowest BCUT2D eigenvalue weighted by Crippen LogP contribution is -2.52. The van der Waals surface area contributed by atoms with Crippen LogP contribution in [0.3, 0.4) is 0 Å². The molecule has 0 aromatic heterocycles. The molecule has 0 radical (unpaired) electrons. The highest BCUT2D eigenvalue weighted by Gasteiger charge is 2.38. The monoisotopic (exact) mass is 392 g/mol. The fraction of sp³-hybridized carbons (Fsp3) is 0.409. The molecule has 0 saturated carbocycles. The summed E-state index contributed by atoms with van der Waals surface area (Å²) in [6.07, 6.45) is -3.76. The Morgan fingerprint density at radius 3 is 2.21 bits per heavy atom. The number of aryl methyl sites for hydroxylation is 1. The highest BCUT2D eigenvalue weighted by molar-refractivity contribution is 5.96. The van der Waals surface area contributed by atoms with Gasteiger partial charge in [-0.2, -0.15) is 13.2 Å². The minimum absolute atomic E-state index is 0.0352. The van der Waals surface area contributed by atoms with Crippen LogP contribution in [-0.4, -0.2) is 30.4 Å². The SMILES string of the molecule is CCC(C)(C(NC(=O)c1cc(C(F)(F)F)ccc1C)c1ccccc1)N(C)C. The number of alkyl halides is 3. The van der Waals surface area contributed by atoms with E-state index in [1.54, 1.807) is 6.92 Å². The zero-order chi connectivity index (χ0) is 21.1. The number of likely N-dealkylation sites (N-methyl/N-ethyl adjacent to an activating group) is 1. The van der Waals surface area contributed by atoms with Gasteiger partial charge in [0.05, 0.1) is 11.6 Å². The van der Waals surface area contributed by atoms with E-state index in [4.69, 9.17) is 0 Å². The summed E-state index contributed by atoms with van der Waals surface area (Å²) in [6, 6.07) is 12.4. The summed E-state index contributed by atoms with van der Waals surface area (Å²) in [5.41, 5.74) is 0.184. The number of benzene rings is 2. The second kappa shape index (κ2) is 8.35. The maximum atomic E-state index is 13.1. The Kier molecular flexibility index (Phi) is 6.55. The van der Waals surface area contributed by atoms with Crippen LogP contribution in [0.2, 0.25) is 0 Å². The quantitative estimate of drug-likeness (QED) is 0.731. The molecule has 0 bridgehead atoms. The molecule has 2 atom stereocenters. The lowest BCUT2D eigenvalue weighted by atomic mass is 9.83. The van der Waals surface area contributed by atoms with Gasteiger partial charge in [0, 0.05) is 11.1 Å². The average Bonchev–Trinajstić information content (AvgIpc) is 2.65. The smallest absolute Gasteiger partial charge is 0.343 e. The van der Waals surface area contributed by atoms with Crippen LogP contribution in [0.1, 0.15) is 53.4 Å². The van der Waals surface area contributed by atoms with E-state index < -0.39 is 29.2 Å². The van der Waals surface area contributed by atoms with Gasteiger partial charge >= 0.3 is 6.18 Å². The van der Waals surface area contributed by atoms with Gasteiger partial charge in [0.1, 0.15) is 0 Å². The Morgan fingerprint density at radius 2 is 1.71 bits per heavy atom. The third-order valence-corrected chi connectivity index (χ3v) is 5.58. The third kappa shape index (κ3) is 4.55. The van der Waals surface area contributed by atoms with Crippen molar-refractivity contribution >= 4 is 5.91 Å². The molecule has 0 spiro atoms. The van der Waals surface area contributed by atoms with Crippen molar-refractivity contribution in [3.8, 4) is 0 Å². The van der Waals surface area contributed by atoms with E-state index >= 15 is 0 Å². The summed E-state index contributed by atoms with van der Waals surface area (Å²) in [5.74, 6) is -0.515. The molecule has 2 rings (SSSR count). The largest absolute Gasteiger partial charge is 0.416 e. The molecule has 0 fully saturated rings. The average molecular weight is 392 g/mol. The minimum atomic E-state index is -4.50. The number of hydrogen-bond acceptors (Lipinski definition) is 2. The molecule has 2 aromatic carbocycles. The first-order valence-electron chi connectivity index (χ1n) is 9.21. The van der Waals surface area contributed by atoms with Gasteiger partial charge in [-0.05, 0) is 57.6 Å². The molecule has 0 saturated heterocycles. The van der Waals surface area contributed by atoms with E-state index in [2.05, 4.69) is 5.32 Å². The maximum absolute atomic E-state index is 13.1. The molecule has 1 amide bonds. The van der Waals surface area contributed by atoms with Crippen LogP contribution in [0.25, 0.3) is 0 Å². The van der Waals surface area contributed by atoms with Crippen molar-refractivity contribution in [1.29, 1.82) is 0 Å². The van der Waals surface area contributed by atoms with Gasteiger partial charge in [-0.15, -0.1) is 0 Å². The Morgan fingerprint density at radius 1 is 1.11 bits per heavy atom. The Hall–Kier alpha value is -2.34. The number of amides is 1. The second-order valence-electron chi connectivity index (χ2n) is 7.45. The van der Waals surface area contributed by atoms with Crippen LogP contribution in [0.5, 0.6) is 0 Å². The van der Waals surface area contributed by atoms with Crippen molar-refractivity contribution in [3.05, 3.63) is 70.8 Å². The number of rotatable bonds is 6. The highest BCUT2D eigenvalue weighted by atomic mass is 19.4. The Labute approximate surface area is 164 Å². The molecule has 2 aromatic rings. The first kappa shape index (κ1) is 22.0. The summed E-state index contributed by atoms with van der Waals surface area (Å²) in [7, 11) is 3.86. The molecule has 2 unspecified atom stereocenters. The molecule has 152 valence electrons. The maximum Gasteiger partial charge on any atom is 0.416 e. The van der Waals surface area contributed by atoms with E-state index in [-0.39, 0.29) is 5.56 Å². The van der Waals surface area contributed by atoms with E-state index in [0.29, 0.717) is 5.56 Å². The van der Waals surface area contributed by atoms with Gasteiger partial charge in [0.15, 0.2) is 0 Å². The highest BCUT2D eigenvalue weighted by Crippen LogP contribution is 2.34. The second-order valence-corrected chi connectivity index (χ2v) is 7.45. The van der Waals surface area contributed by atoms with Crippen LogP contribution >= 0.6 is 0 Å². The van der Waals surface area contributed by atoms with E-state index in [9.17, 15) is 18.0 Å². The number of halogens is 3. The lowest BCUT2D eigenvalue weighted by molar-refractivity contribution is -0.137. The van der Waals surface area contributed by atoms with Gasteiger partial charge in [0.2, 0.25) is 0 Å². The summed E-state index contributed by atoms with van der Waals surface area (Å²) < 4.78 is 39.3. The zero-order valence-corrected chi connectivity index (χ0v) is 16.9. The van der Waals surface area contributed by atoms with Crippen LogP contribution < -0.4 is 5.32 Å². The lowest BCUT2D eigenvalue weighted by Gasteiger charge is -2.43. The normalized spacial score (nSPS) is 15.2. The molecule has 0 aliphatic heterocycles. The number of carbonyl (C=O) groups excluding carboxylic acids is 1. The molecule has 6 heteroatoms. The Balaban J connectivity index is 2.47. The van der Waals surface area contributed by atoms with Crippen LogP contribution in [-0.2, 0) is 6.18 Å². The van der Waals surface area contributed by atoms with Gasteiger partial charge in [-0.25, -0.2) is 0 Å². The number of carbonyl (C=O) groups is 1. The first-order valence-corrected chi connectivity index (χ1v) is 9.21. The third-order valence-electron chi connectivity index (χ3n) is 5.58. The van der Waals surface area contributed by atoms with Gasteiger partial charge in [-0.1, -0.05) is 43.3 Å². The van der Waals surface area contributed by atoms with Gasteiger partial charge in [0.25, 0.3) is 5.91 Å². The molecule has 3 nitrogen and oxygen atoms in total. The molecule has 0 aliphatic rings. The van der Waals surface area contributed by atoms with Crippen molar-refractivity contribution in [2.24, 2.45) is 0 Å². The predicted octanol–water partition coefficient (Wildman–Crippen LogP) is 5.22. The predicted molar refractivity (Wildman–Crippen MR) is 105 cm³/mol. The fourth-order valence-electron chi connectivity index (χ4n) is 3.27. The summed E-state index contributed by atoms with van der Waals surface area (Å²) in [4.78, 5) is 15.0. The van der Waals surface area contributed by atoms with E-state index in [0.717, 1.165) is 24.1 Å². The summed E-state index contributed by atoms with van der Waals surface area (Å²) in [6.45, 7) is 5.69. The summed E-state index contributed by atoms with van der Waals surface area (Å²) in [5, 5.41) is 2.99. The zero-order valence-electron chi connectivity index (χ0n) is 16.9. The molecule has 0 heterocycles. The molecular weight excluding hydrogens is 365 g/mol. The van der Waals surface area contributed by atoms with E-state index in [1.165, 1.54) is 6.07 Å². The van der Waals surface area contributed by atoms with Gasteiger partial charge < -0.3 is 10.2 Å². The van der Waals surface area contributed by atoms with Crippen molar-refractivity contribution in [3.63, 3.8) is 0 Å². The van der Waals surface area contributed by atoms with Crippen molar-refractivity contribution < 1.29 is 18.0 Å². The summed E-state index contributed by atoms with van der Waals surface area (Å²) >= 11 is 0. The number of hydrogen-bond donors (Lipinski definition) is 1. The van der Waals surface area contributed by atoms with Crippen molar-refractivity contribution in [1.82, 2.24) is 10.2 Å². The van der Waals surface area contributed by atoms with E-state index in [1.807, 2.05) is 63.2 Å². The fourth-order valence-corrected chi connectivity index (χ4v) is 3.27. The first-order chi connectivity index (χ1) is 13.0. The standard InChI is InChI=1S/C22H27F3N2O/c1-6-21(3,27(4)5)19(16-10-8-7-9-11-16)26-20(28)18-14-17(22(23,24)25)13-12-15(18)2/h7-14,19H,6H2,1-5H3,(H,26,28). The molecule has 1 N–H and O–H groups in total. The number of nitrogens with zero attached hydrogens (tertiary/aromatic N) is 1. The van der Waals surface area contributed by atoms with Crippen LogP contribution in [0.4, 0.5) is 13.2 Å². The van der Waals surface area contributed by atoms with Gasteiger partial charge in [-0.3, -0.25) is 4.79 Å².